The minimum Gasteiger partial charge on any atom is -0.497 e. The smallest absolute Gasteiger partial charge is 0.118 e. The van der Waals surface area contributed by atoms with Gasteiger partial charge in [-0.05, 0) is 37.0 Å². The Morgan fingerprint density at radius 3 is 2.82 bits per heavy atom. The molecule has 1 unspecified atom stereocenters. The average Bonchev–Trinajstić information content (AvgIpc) is 2.65. The lowest BCUT2D eigenvalue weighted by atomic mass is 10.1. The third-order valence-electron chi connectivity index (χ3n) is 3.21. The van der Waals surface area contributed by atoms with Crippen molar-refractivity contribution < 1.29 is 9.47 Å². The third kappa shape index (κ3) is 4.02. The van der Waals surface area contributed by atoms with Gasteiger partial charge in [-0.15, -0.1) is 0 Å². The molecule has 1 N–H and O–H groups in total. The van der Waals surface area contributed by atoms with Gasteiger partial charge in [0.2, 0.25) is 0 Å². The maximum atomic E-state index is 5.45. The first kappa shape index (κ1) is 12.4. The van der Waals surface area contributed by atoms with Crippen molar-refractivity contribution in [1.29, 1.82) is 0 Å². The number of ether oxygens (including phenoxy) is 2. The highest BCUT2D eigenvalue weighted by atomic mass is 16.5. The fourth-order valence-corrected chi connectivity index (χ4v) is 2.11. The van der Waals surface area contributed by atoms with Crippen molar-refractivity contribution in [3.05, 3.63) is 29.8 Å². The summed E-state index contributed by atoms with van der Waals surface area (Å²) >= 11 is 0. The van der Waals surface area contributed by atoms with Crippen LogP contribution in [0.1, 0.15) is 24.8 Å². The van der Waals surface area contributed by atoms with Crippen LogP contribution >= 0.6 is 0 Å². The Morgan fingerprint density at radius 2 is 2.06 bits per heavy atom. The van der Waals surface area contributed by atoms with Gasteiger partial charge < -0.3 is 14.8 Å². The van der Waals surface area contributed by atoms with Crippen LogP contribution in [0, 0.1) is 0 Å². The third-order valence-corrected chi connectivity index (χ3v) is 3.21. The van der Waals surface area contributed by atoms with Gasteiger partial charge in [0, 0.05) is 25.8 Å². The zero-order valence-corrected chi connectivity index (χ0v) is 10.4. The van der Waals surface area contributed by atoms with E-state index in [4.69, 9.17) is 9.47 Å². The van der Waals surface area contributed by atoms with Gasteiger partial charge in [-0.3, -0.25) is 0 Å². The lowest BCUT2D eigenvalue weighted by molar-refractivity contribution is 0.142. The Bertz CT molecular complexity index is 315. The molecule has 1 aromatic carbocycles. The van der Waals surface area contributed by atoms with Gasteiger partial charge in [0.1, 0.15) is 5.75 Å². The van der Waals surface area contributed by atoms with Crippen molar-refractivity contribution >= 4 is 0 Å². The summed E-state index contributed by atoms with van der Waals surface area (Å²) in [5, 5.41) is 3.59. The lowest BCUT2D eigenvalue weighted by Gasteiger charge is -2.15. The number of hydrogen-bond donors (Lipinski definition) is 1. The molecule has 0 aromatic heterocycles. The van der Waals surface area contributed by atoms with Crippen LogP contribution in [0.15, 0.2) is 24.3 Å². The van der Waals surface area contributed by atoms with E-state index in [1.807, 2.05) is 12.1 Å². The second-order valence-electron chi connectivity index (χ2n) is 4.47. The minimum absolute atomic E-state index is 0.597. The van der Waals surface area contributed by atoms with Gasteiger partial charge in [0.15, 0.2) is 0 Å². The largest absolute Gasteiger partial charge is 0.497 e. The predicted octanol–water partition coefficient (Wildman–Crippen LogP) is 2.35. The molecule has 94 valence electrons. The quantitative estimate of drug-likeness (QED) is 0.869. The van der Waals surface area contributed by atoms with Gasteiger partial charge in [-0.25, -0.2) is 0 Å². The molecule has 1 atom stereocenters. The number of hydrogen-bond acceptors (Lipinski definition) is 3. The summed E-state index contributed by atoms with van der Waals surface area (Å²) < 4.78 is 10.6. The molecule has 2 rings (SSSR count). The summed E-state index contributed by atoms with van der Waals surface area (Å²) in [6, 6.07) is 8.83. The maximum absolute atomic E-state index is 5.45. The van der Waals surface area contributed by atoms with Crippen molar-refractivity contribution in [3.63, 3.8) is 0 Å². The molecule has 1 aliphatic rings. The van der Waals surface area contributed by atoms with Crippen LogP contribution in [0.4, 0.5) is 0 Å². The zero-order chi connectivity index (χ0) is 11.9. The van der Waals surface area contributed by atoms with Crippen molar-refractivity contribution in [2.45, 2.75) is 31.8 Å². The molecule has 0 spiro atoms. The molecular formula is C14H21NO2. The zero-order valence-electron chi connectivity index (χ0n) is 10.4. The fourth-order valence-electron chi connectivity index (χ4n) is 2.11. The summed E-state index contributed by atoms with van der Waals surface area (Å²) in [4.78, 5) is 0. The van der Waals surface area contributed by atoms with E-state index in [0.29, 0.717) is 6.04 Å². The van der Waals surface area contributed by atoms with Crippen LogP contribution in [0.2, 0.25) is 0 Å². The van der Waals surface area contributed by atoms with Gasteiger partial charge in [-0.1, -0.05) is 12.1 Å². The van der Waals surface area contributed by atoms with Crippen molar-refractivity contribution in [2.75, 3.05) is 20.3 Å². The van der Waals surface area contributed by atoms with E-state index in [-0.39, 0.29) is 0 Å². The summed E-state index contributed by atoms with van der Waals surface area (Å²) in [6.07, 6.45) is 3.51. The van der Waals surface area contributed by atoms with E-state index in [2.05, 4.69) is 17.4 Å². The topological polar surface area (TPSA) is 30.5 Å². The van der Waals surface area contributed by atoms with Crippen LogP contribution in [0.5, 0.6) is 5.75 Å². The van der Waals surface area contributed by atoms with Crippen molar-refractivity contribution in [2.24, 2.45) is 0 Å². The average molecular weight is 235 g/mol. The Hall–Kier alpha value is -1.06. The number of methoxy groups -OCH3 is 1. The van der Waals surface area contributed by atoms with Crippen LogP contribution < -0.4 is 10.1 Å². The molecule has 1 aliphatic heterocycles. The summed E-state index contributed by atoms with van der Waals surface area (Å²) in [6.45, 7) is 2.73. The number of nitrogens with one attached hydrogen (secondary N) is 1. The highest BCUT2D eigenvalue weighted by Gasteiger charge is 2.11. The van der Waals surface area contributed by atoms with E-state index in [1.54, 1.807) is 7.11 Å². The van der Waals surface area contributed by atoms with Crippen LogP contribution in [0.25, 0.3) is 0 Å². The second kappa shape index (κ2) is 6.62. The van der Waals surface area contributed by atoms with Gasteiger partial charge in [0.05, 0.1) is 7.11 Å². The molecule has 1 aromatic rings. The van der Waals surface area contributed by atoms with Crippen LogP contribution in [0.3, 0.4) is 0 Å². The Morgan fingerprint density at radius 1 is 1.24 bits per heavy atom. The summed E-state index contributed by atoms with van der Waals surface area (Å²) in [5.41, 5.74) is 1.30. The second-order valence-corrected chi connectivity index (χ2v) is 4.47. The standard InChI is InChI=1S/C14H21NO2/c1-16-14-6-4-12(5-7-14)11-15-13-3-2-9-17-10-8-13/h4-7,13,15H,2-3,8-11H2,1H3. The van der Waals surface area contributed by atoms with Crippen molar-refractivity contribution in [1.82, 2.24) is 5.32 Å². The first-order valence-electron chi connectivity index (χ1n) is 6.32. The highest BCUT2D eigenvalue weighted by molar-refractivity contribution is 5.27. The van der Waals surface area contributed by atoms with E-state index in [9.17, 15) is 0 Å². The van der Waals surface area contributed by atoms with Gasteiger partial charge in [0.25, 0.3) is 0 Å². The number of rotatable bonds is 4. The lowest BCUT2D eigenvalue weighted by Crippen LogP contribution is -2.28. The molecule has 0 amide bonds. The molecule has 0 saturated carbocycles. The molecule has 0 bridgehead atoms. The normalized spacial score (nSPS) is 20.9. The minimum atomic E-state index is 0.597. The Labute approximate surface area is 103 Å². The Kier molecular flexibility index (Phi) is 4.83. The molecule has 1 fully saturated rings. The maximum Gasteiger partial charge on any atom is 0.118 e. The van der Waals surface area contributed by atoms with E-state index < -0.39 is 0 Å². The molecule has 3 heteroatoms. The summed E-state index contributed by atoms with van der Waals surface area (Å²) in [5.74, 6) is 0.914. The van der Waals surface area contributed by atoms with Crippen LogP contribution in [-0.4, -0.2) is 26.4 Å². The fraction of sp³-hybridized carbons (Fsp3) is 0.571. The van der Waals surface area contributed by atoms with Crippen LogP contribution in [-0.2, 0) is 11.3 Å². The molecule has 0 aliphatic carbocycles. The van der Waals surface area contributed by atoms with E-state index >= 15 is 0 Å². The molecule has 0 radical (unpaired) electrons. The van der Waals surface area contributed by atoms with E-state index in [1.165, 1.54) is 18.4 Å². The van der Waals surface area contributed by atoms with Gasteiger partial charge in [-0.2, -0.15) is 0 Å². The van der Waals surface area contributed by atoms with Crippen molar-refractivity contribution in [3.8, 4) is 5.75 Å². The summed E-state index contributed by atoms with van der Waals surface area (Å²) in [7, 11) is 1.69. The Balaban J connectivity index is 1.79. The molecule has 1 saturated heterocycles. The molecule has 17 heavy (non-hydrogen) atoms. The van der Waals surface area contributed by atoms with Gasteiger partial charge >= 0.3 is 0 Å². The first-order chi connectivity index (χ1) is 8.38. The SMILES string of the molecule is COc1ccc(CNC2CCCOCC2)cc1. The monoisotopic (exact) mass is 235 g/mol. The number of benzene rings is 1. The predicted molar refractivity (Wildman–Crippen MR) is 68.3 cm³/mol. The first-order valence-corrected chi connectivity index (χ1v) is 6.32. The molecule has 3 nitrogen and oxygen atoms in total. The van der Waals surface area contributed by atoms with E-state index in [0.717, 1.165) is 31.9 Å². The molecular weight excluding hydrogens is 214 g/mol. The highest BCUT2D eigenvalue weighted by Crippen LogP contribution is 2.13. The molecule has 1 heterocycles.